The van der Waals surface area contributed by atoms with Crippen LogP contribution in [0.5, 0.6) is 11.5 Å². The van der Waals surface area contributed by atoms with E-state index in [1.54, 1.807) is 12.1 Å². The summed E-state index contributed by atoms with van der Waals surface area (Å²) in [5.41, 5.74) is 1.51. The van der Waals surface area contributed by atoms with Crippen LogP contribution in [-0.2, 0) is 16.1 Å². The maximum Gasteiger partial charge on any atom is 0.363 e. The third-order valence-electron chi connectivity index (χ3n) is 4.84. The molecule has 0 amide bonds. The van der Waals surface area contributed by atoms with Crippen molar-refractivity contribution in [1.82, 2.24) is 0 Å². The minimum absolute atomic E-state index is 0.00431. The van der Waals surface area contributed by atoms with Gasteiger partial charge in [0.25, 0.3) is 5.69 Å². The second-order valence-corrected chi connectivity index (χ2v) is 8.94. The Morgan fingerprint density at radius 2 is 1.94 bits per heavy atom. The van der Waals surface area contributed by atoms with Gasteiger partial charge in [-0.05, 0) is 47.5 Å². The highest BCUT2D eigenvalue weighted by molar-refractivity contribution is 9.10. The molecule has 0 saturated carbocycles. The molecule has 0 N–H and O–H groups in total. The van der Waals surface area contributed by atoms with Crippen molar-refractivity contribution in [3.63, 3.8) is 0 Å². The quantitative estimate of drug-likeness (QED) is 0.136. The van der Waals surface area contributed by atoms with Crippen LogP contribution in [0.2, 0.25) is 10.0 Å². The number of non-ortho nitro benzene ring substituents is 1. The predicted molar refractivity (Wildman–Crippen MR) is 135 cm³/mol. The van der Waals surface area contributed by atoms with Crippen molar-refractivity contribution < 1.29 is 23.9 Å². The molecule has 1 aliphatic rings. The van der Waals surface area contributed by atoms with Crippen LogP contribution in [0.15, 0.2) is 69.8 Å². The van der Waals surface area contributed by atoms with Gasteiger partial charge >= 0.3 is 5.97 Å². The number of hydrogen-bond donors (Lipinski definition) is 0. The molecule has 178 valence electrons. The lowest BCUT2D eigenvalue weighted by Gasteiger charge is -2.13. The number of nitrogens with zero attached hydrogens (tertiary/aromatic N) is 2. The first-order chi connectivity index (χ1) is 16.7. The lowest BCUT2D eigenvalue weighted by Crippen LogP contribution is -2.06. The number of halogens is 3. The Bertz CT molecular complexity index is 1410. The van der Waals surface area contributed by atoms with Crippen LogP contribution in [0.25, 0.3) is 6.08 Å². The monoisotopic (exact) mass is 576 g/mol. The van der Waals surface area contributed by atoms with E-state index in [0.29, 0.717) is 17.1 Å². The standard InChI is InChI=1S/C24H15BrCl2N2O6/c1-33-21-10-14(8-19(27)22(21)34-12-13-3-2-4-15(25)7-13)9-20-24(30)35-23(28-20)17-6-5-16(29(31)32)11-18(17)26/h2-11H,12H2,1H3/b20-9-. The number of aliphatic imine (C=N–C) groups is 1. The van der Waals surface area contributed by atoms with Gasteiger partial charge in [-0.2, -0.15) is 0 Å². The number of ether oxygens (including phenoxy) is 3. The van der Waals surface area contributed by atoms with Crippen molar-refractivity contribution in [2.24, 2.45) is 4.99 Å². The van der Waals surface area contributed by atoms with Gasteiger partial charge in [-0.3, -0.25) is 10.1 Å². The number of rotatable bonds is 7. The first kappa shape index (κ1) is 24.7. The molecule has 1 heterocycles. The number of methoxy groups -OCH3 is 1. The molecular weight excluding hydrogens is 563 g/mol. The zero-order chi connectivity index (χ0) is 25.1. The number of benzene rings is 3. The summed E-state index contributed by atoms with van der Waals surface area (Å²) in [6.45, 7) is 0.270. The summed E-state index contributed by atoms with van der Waals surface area (Å²) in [6.07, 6.45) is 1.47. The van der Waals surface area contributed by atoms with Crippen molar-refractivity contribution in [2.75, 3.05) is 7.11 Å². The van der Waals surface area contributed by atoms with Crippen LogP contribution in [0, 0.1) is 10.1 Å². The molecule has 0 atom stereocenters. The number of carbonyl (C=O) groups is 1. The molecule has 0 aromatic heterocycles. The number of cyclic esters (lactones) is 1. The number of nitro benzene ring substituents is 1. The average molecular weight is 578 g/mol. The van der Waals surface area contributed by atoms with Crippen LogP contribution in [0.1, 0.15) is 16.7 Å². The van der Waals surface area contributed by atoms with E-state index in [1.807, 2.05) is 24.3 Å². The fourth-order valence-electron chi connectivity index (χ4n) is 3.22. The summed E-state index contributed by atoms with van der Waals surface area (Å²) in [7, 11) is 1.48. The summed E-state index contributed by atoms with van der Waals surface area (Å²) in [4.78, 5) is 26.9. The van der Waals surface area contributed by atoms with Gasteiger partial charge in [0.15, 0.2) is 17.2 Å². The van der Waals surface area contributed by atoms with Gasteiger partial charge in [0.2, 0.25) is 5.90 Å². The third kappa shape index (κ3) is 5.64. The second-order valence-electron chi connectivity index (χ2n) is 7.21. The molecule has 35 heavy (non-hydrogen) atoms. The summed E-state index contributed by atoms with van der Waals surface area (Å²) in [6, 6.07) is 14.7. The van der Waals surface area contributed by atoms with Crippen LogP contribution in [0.4, 0.5) is 5.69 Å². The lowest BCUT2D eigenvalue weighted by molar-refractivity contribution is -0.384. The van der Waals surface area contributed by atoms with E-state index >= 15 is 0 Å². The van der Waals surface area contributed by atoms with Crippen molar-refractivity contribution in [3.05, 3.63) is 102 Å². The van der Waals surface area contributed by atoms with Crippen LogP contribution in [-0.4, -0.2) is 23.9 Å². The van der Waals surface area contributed by atoms with Gasteiger partial charge in [-0.25, -0.2) is 9.79 Å². The number of esters is 1. The molecule has 11 heteroatoms. The minimum atomic E-state index is -0.709. The summed E-state index contributed by atoms with van der Waals surface area (Å²) in [5.74, 6) is -0.0480. The third-order valence-corrected chi connectivity index (χ3v) is 5.93. The Labute approximate surface area is 218 Å². The van der Waals surface area contributed by atoms with E-state index in [-0.39, 0.29) is 39.5 Å². The highest BCUT2D eigenvalue weighted by atomic mass is 79.9. The highest BCUT2D eigenvalue weighted by Crippen LogP contribution is 2.38. The van der Waals surface area contributed by atoms with Gasteiger partial charge in [0.1, 0.15) is 6.61 Å². The Balaban J connectivity index is 1.60. The average Bonchev–Trinajstić information content (AvgIpc) is 3.17. The molecule has 0 saturated heterocycles. The maximum absolute atomic E-state index is 12.4. The molecule has 0 radical (unpaired) electrons. The molecule has 3 aromatic carbocycles. The van der Waals surface area contributed by atoms with E-state index in [4.69, 9.17) is 37.4 Å². The summed E-state index contributed by atoms with van der Waals surface area (Å²) < 4.78 is 17.5. The smallest absolute Gasteiger partial charge is 0.363 e. The van der Waals surface area contributed by atoms with Gasteiger partial charge < -0.3 is 14.2 Å². The lowest BCUT2D eigenvalue weighted by atomic mass is 10.1. The first-order valence-corrected chi connectivity index (χ1v) is 11.5. The first-order valence-electron chi connectivity index (χ1n) is 9.97. The van der Waals surface area contributed by atoms with Crippen molar-refractivity contribution in [2.45, 2.75) is 6.61 Å². The Morgan fingerprint density at radius 3 is 2.63 bits per heavy atom. The molecular formula is C24H15BrCl2N2O6. The van der Waals surface area contributed by atoms with Crippen LogP contribution in [0.3, 0.4) is 0 Å². The number of carbonyl (C=O) groups excluding carboxylic acids is 1. The van der Waals surface area contributed by atoms with E-state index < -0.39 is 10.9 Å². The normalized spacial score (nSPS) is 14.0. The fourth-order valence-corrected chi connectivity index (χ4v) is 4.19. The van der Waals surface area contributed by atoms with Crippen LogP contribution < -0.4 is 9.47 Å². The molecule has 1 aliphatic heterocycles. The largest absolute Gasteiger partial charge is 0.493 e. The molecule has 0 spiro atoms. The molecule has 8 nitrogen and oxygen atoms in total. The zero-order valence-corrected chi connectivity index (χ0v) is 21.1. The van der Waals surface area contributed by atoms with E-state index in [2.05, 4.69) is 20.9 Å². The van der Waals surface area contributed by atoms with E-state index in [9.17, 15) is 14.9 Å². The number of nitro groups is 1. The SMILES string of the molecule is COc1cc(/C=C2\N=C(c3ccc([N+](=O)[O-])cc3Cl)OC2=O)cc(Cl)c1OCc1cccc(Br)c1. The Kier molecular flexibility index (Phi) is 7.39. The Hall–Kier alpha value is -3.40. The van der Waals surface area contributed by atoms with Crippen molar-refractivity contribution >= 4 is 62.8 Å². The highest BCUT2D eigenvalue weighted by Gasteiger charge is 2.27. The minimum Gasteiger partial charge on any atom is -0.493 e. The molecule has 0 fully saturated rings. The Morgan fingerprint density at radius 1 is 1.14 bits per heavy atom. The van der Waals surface area contributed by atoms with Gasteiger partial charge in [0.05, 0.1) is 27.6 Å². The van der Waals surface area contributed by atoms with Crippen molar-refractivity contribution in [3.8, 4) is 11.5 Å². The molecule has 0 bridgehead atoms. The molecule has 0 aliphatic carbocycles. The van der Waals surface area contributed by atoms with E-state index in [0.717, 1.165) is 16.1 Å². The molecule has 3 aromatic rings. The summed E-state index contributed by atoms with van der Waals surface area (Å²) >= 11 is 16.0. The van der Waals surface area contributed by atoms with Gasteiger partial charge in [0, 0.05) is 16.6 Å². The van der Waals surface area contributed by atoms with Crippen molar-refractivity contribution in [1.29, 1.82) is 0 Å². The zero-order valence-electron chi connectivity index (χ0n) is 18.0. The maximum atomic E-state index is 12.4. The fraction of sp³-hybridized carbons (Fsp3) is 0.0833. The van der Waals surface area contributed by atoms with E-state index in [1.165, 1.54) is 25.3 Å². The predicted octanol–water partition coefficient (Wildman–Crippen LogP) is 6.60. The second kappa shape index (κ2) is 10.5. The number of hydrogen-bond acceptors (Lipinski definition) is 7. The molecule has 4 rings (SSSR count). The van der Waals surface area contributed by atoms with Gasteiger partial charge in [-0.1, -0.05) is 51.3 Å². The summed E-state index contributed by atoms with van der Waals surface area (Å²) in [5, 5.41) is 11.2. The van der Waals surface area contributed by atoms with Gasteiger partial charge in [-0.15, -0.1) is 0 Å². The van der Waals surface area contributed by atoms with Crippen LogP contribution >= 0.6 is 39.1 Å². The molecule has 0 unspecified atom stereocenters. The topological polar surface area (TPSA) is 100 Å².